The molecular formula is C17H27N5O3S. The van der Waals surface area contributed by atoms with Crippen LogP contribution in [-0.4, -0.2) is 70.3 Å². The van der Waals surface area contributed by atoms with Gasteiger partial charge < -0.3 is 10.1 Å². The number of sulfonamides is 1. The summed E-state index contributed by atoms with van der Waals surface area (Å²) in [4.78, 5) is 9.21. The molecule has 26 heavy (non-hydrogen) atoms. The zero-order chi connectivity index (χ0) is 18.6. The van der Waals surface area contributed by atoms with Crippen LogP contribution in [-0.2, 0) is 10.0 Å². The first-order valence-corrected chi connectivity index (χ1v) is 10.4. The van der Waals surface area contributed by atoms with Crippen molar-refractivity contribution < 1.29 is 13.2 Å². The van der Waals surface area contributed by atoms with Crippen LogP contribution in [0.2, 0.25) is 0 Å². The van der Waals surface area contributed by atoms with Gasteiger partial charge in [-0.1, -0.05) is 6.92 Å². The molecular weight excluding hydrogens is 354 g/mol. The van der Waals surface area contributed by atoms with Crippen LogP contribution in [0, 0.1) is 0 Å². The molecule has 0 bridgehead atoms. The first-order valence-electron chi connectivity index (χ1n) is 8.93. The Morgan fingerprint density at radius 3 is 2.73 bits per heavy atom. The van der Waals surface area contributed by atoms with E-state index in [4.69, 9.17) is 4.74 Å². The normalized spacial score (nSPS) is 21.9. The van der Waals surface area contributed by atoms with E-state index in [1.54, 1.807) is 19.2 Å². The maximum Gasteiger partial charge on any atom is 0.264 e. The fourth-order valence-corrected chi connectivity index (χ4v) is 4.41. The number of rotatable bonds is 6. The molecule has 1 saturated heterocycles. The molecule has 0 radical (unpaired) electrons. The van der Waals surface area contributed by atoms with E-state index >= 15 is 0 Å². The lowest BCUT2D eigenvalue weighted by Gasteiger charge is -2.32. The third-order valence-electron chi connectivity index (χ3n) is 4.87. The Balaban J connectivity index is 1.56. The average molecular weight is 382 g/mol. The van der Waals surface area contributed by atoms with Gasteiger partial charge >= 0.3 is 0 Å². The van der Waals surface area contributed by atoms with Gasteiger partial charge in [0.25, 0.3) is 10.0 Å². The Bertz CT molecular complexity index is 735. The molecule has 3 rings (SSSR count). The van der Waals surface area contributed by atoms with E-state index in [0.717, 1.165) is 13.1 Å². The Kier molecular flexibility index (Phi) is 6.00. The Morgan fingerprint density at radius 1 is 1.35 bits per heavy atom. The van der Waals surface area contributed by atoms with Crippen LogP contribution in [0.4, 0.5) is 0 Å². The second-order valence-corrected chi connectivity index (χ2v) is 8.22. The molecule has 1 fully saturated rings. The van der Waals surface area contributed by atoms with Crippen LogP contribution in [0.5, 0.6) is 5.75 Å². The lowest BCUT2D eigenvalue weighted by molar-refractivity contribution is 0.172. The molecule has 0 spiro atoms. The zero-order valence-electron chi connectivity index (χ0n) is 15.3. The number of likely N-dealkylation sites (tertiary alicyclic amines) is 1. The molecule has 144 valence electrons. The average Bonchev–Trinajstić information content (AvgIpc) is 3.10. The van der Waals surface area contributed by atoms with E-state index < -0.39 is 10.0 Å². The lowest BCUT2D eigenvalue weighted by Crippen LogP contribution is -2.52. The topological polar surface area (TPSA) is 86.3 Å². The molecule has 0 aromatic heterocycles. The molecule has 2 aliphatic rings. The van der Waals surface area contributed by atoms with Gasteiger partial charge in [-0.15, -0.1) is 0 Å². The monoisotopic (exact) mass is 381 g/mol. The van der Waals surface area contributed by atoms with Crippen molar-refractivity contribution in [3.05, 3.63) is 24.3 Å². The largest absolute Gasteiger partial charge is 0.497 e. The summed E-state index contributed by atoms with van der Waals surface area (Å²) in [6.07, 6.45) is 2.46. The molecule has 9 heteroatoms. The first-order chi connectivity index (χ1) is 12.5. The second kappa shape index (κ2) is 8.24. The predicted octanol–water partition coefficient (Wildman–Crippen LogP) is 0.634. The van der Waals surface area contributed by atoms with Gasteiger partial charge in [0.15, 0.2) is 0 Å². The van der Waals surface area contributed by atoms with Crippen molar-refractivity contribution in [3.63, 3.8) is 0 Å². The van der Waals surface area contributed by atoms with Crippen molar-refractivity contribution in [2.75, 3.05) is 40.1 Å². The van der Waals surface area contributed by atoms with E-state index in [1.165, 1.54) is 31.5 Å². The van der Waals surface area contributed by atoms with Gasteiger partial charge in [-0.25, -0.2) is 18.1 Å². The summed E-state index contributed by atoms with van der Waals surface area (Å²) >= 11 is 0. The molecule has 2 aliphatic heterocycles. The van der Waals surface area contributed by atoms with Crippen molar-refractivity contribution in [1.82, 2.24) is 19.8 Å². The maximum absolute atomic E-state index is 12.4. The first kappa shape index (κ1) is 18.9. The van der Waals surface area contributed by atoms with Gasteiger partial charge in [-0.3, -0.25) is 9.80 Å². The van der Waals surface area contributed by atoms with E-state index in [9.17, 15) is 8.42 Å². The summed E-state index contributed by atoms with van der Waals surface area (Å²) in [5.74, 6) is 0.900. The van der Waals surface area contributed by atoms with Gasteiger partial charge in [0, 0.05) is 12.6 Å². The molecule has 0 aliphatic carbocycles. The number of likely N-dealkylation sites (N-methyl/N-ethyl adjacent to an activating group) is 1. The summed E-state index contributed by atoms with van der Waals surface area (Å²) in [6, 6.07) is 6.82. The summed E-state index contributed by atoms with van der Waals surface area (Å²) in [5.41, 5.74) is 0. The van der Waals surface area contributed by atoms with E-state index in [1.807, 2.05) is 0 Å². The fraction of sp³-hybridized carbons (Fsp3) is 0.588. The fourth-order valence-electron chi connectivity index (χ4n) is 3.41. The zero-order valence-corrected chi connectivity index (χ0v) is 16.1. The third-order valence-corrected chi connectivity index (χ3v) is 6.23. The molecule has 0 unspecified atom stereocenters. The van der Waals surface area contributed by atoms with Gasteiger partial charge in [-0.05, 0) is 50.2 Å². The minimum atomic E-state index is -3.66. The van der Waals surface area contributed by atoms with Gasteiger partial charge in [-0.2, -0.15) is 0 Å². The lowest BCUT2D eigenvalue weighted by atomic mass is 10.2. The standard InChI is InChI=1S/C17H27N5O3S/c1-3-22-10-4-5-14(22)11-21-12-18-17(19-13-21)20-26(23,24)16-8-6-15(25-2)7-9-16/h6-9,14H,3-5,10-13H2,1-2H3,(H2,18,19,20)/t14-/m1/s1. The van der Waals surface area contributed by atoms with Crippen LogP contribution in [0.15, 0.2) is 34.2 Å². The van der Waals surface area contributed by atoms with E-state index in [0.29, 0.717) is 25.1 Å². The number of nitrogens with zero attached hydrogens (tertiary/aromatic N) is 3. The summed E-state index contributed by atoms with van der Waals surface area (Å²) in [5, 5.41) is 3.07. The molecule has 2 N–H and O–H groups in total. The van der Waals surface area contributed by atoms with Gasteiger partial charge in [0.1, 0.15) is 5.75 Å². The highest BCUT2D eigenvalue weighted by Gasteiger charge is 2.26. The number of methoxy groups -OCH3 is 1. The number of aliphatic imine (C=N–C) groups is 1. The summed E-state index contributed by atoms with van der Waals surface area (Å²) < 4.78 is 32.5. The SMILES string of the molecule is CCN1CCC[C@@H]1CN1CN=C(NS(=O)(=O)c2ccc(OC)cc2)NC1. The quantitative estimate of drug-likeness (QED) is 0.752. The van der Waals surface area contributed by atoms with Crippen LogP contribution in [0.3, 0.4) is 0 Å². The highest BCUT2D eigenvalue weighted by molar-refractivity contribution is 7.90. The number of hydrogen-bond acceptors (Lipinski definition) is 7. The number of hydrogen-bond donors (Lipinski definition) is 2. The van der Waals surface area contributed by atoms with Crippen LogP contribution in [0.25, 0.3) is 0 Å². The summed E-state index contributed by atoms with van der Waals surface area (Å²) in [7, 11) is -2.12. The van der Waals surface area contributed by atoms with Crippen molar-refractivity contribution in [3.8, 4) is 5.75 Å². The Morgan fingerprint density at radius 2 is 2.12 bits per heavy atom. The Labute approximate surface area is 155 Å². The van der Waals surface area contributed by atoms with Crippen molar-refractivity contribution >= 4 is 16.0 Å². The molecule has 1 aromatic rings. The second-order valence-electron chi connectivity index (χ2n) is 6.54. The molecule has 1 aromatic carbocycles. The molecule has 0 amide bonds. The highest BCUT2D eigenvalue weighted by atomic mass is 32.2. The molecule has 0 saturated carbocycles. The van der Waals surface area contributed by atoms with Crippen molar-refractivity contribution in [2.45, 2.75) is 30.7 Å². The van der Waals surface area contributed by atoms with Crippen molar-refractivity contribution in [1.29, 1.82) is 0 Å². The highest BCUT2D eigenvalue weighted by Crippen LogP contribution is 2.18. The van der Waals surface area contributed by atoms with Gasteiger partial charge in [0.05, 0.1) is 25.3 Å². The van der Waals surface area contributed by atoms with Crippen LogP contribution >= 0.6 is 0 Å². The predicted molar refractivity (Wildman–Crippen MR) is 101 cm³/mol. The van der Waals surface area contributed by atoms with Gasteiger partial charge in [0.2, 0.25) is 5.96 Å². The Hall–Kier alpha value is -1.84. The third kappa shape index (κ3) is 4.46. The molecule has 8 nitrogen and oxygen atoms in total. The van der Waals surface area contributed by atoms with Crippen molar-refractivity contribution in [2.24, 2.45) is 4.99 Å². The molecule has 1 atom stereocenters. The van der Waals surface area contributed by atoms with E-state index in [-0.39, 0.29) is 10.9 Å². The van der Waals surface area contributed by atoms with Crippen LogP contribution < -0.4 is 14.8 Å². The summed E-state index contributed by atoms with van der Waals surface area (Å²) in [6.45, 7) is 6.44. The number of guanidine groups is 1. The minimum absolute atomic E-state index is 0.176. The van der Waals surface area contributed by atoms with E-state index in [2.05, 4.69) is 31.8 Å². The smallest absolute Gasteiger partial charge is 0.264 e. The number of ether oxygens (including phenoxy) is 1. The number of nitrogens with one attached hydrogen (secondary N) is 2. The maximum atomic E-state index is 12.4. The van der Waals surface area contributed by atoms with Crippen LogP contribution in [0.1, 0.15) is 19.8 Å². The molecule has 2 heterocycles. The minimum Gasteiger partial charge on any atom is -0.497 e. The number of benzene rings is 1.